The van der Waals surface area contributed by atoms with Crippen LogP contribution >= 0.6 is 0 Å². The smallest absolute Gasteiger partial charge is 0.313 e. The largest absolute Gasteiger partial charge is 0.394 e. The summed E-state index contributed by atoms with van der Waals surface area (Å²) in [5, 5.41) is 14.6. The second-order valence-corrected chi connectivity index (χ2v) is 5.21. The molecule has 3 N–H and O–H groups in total. The summed E-state index contributed by atoms with van der Waals surface area (Å²) in [6.45, 7) is 3.39. The van der Waals surface area contributed by atoms with Crippen molar-refractivity contribution in [1.29, 1.82) is 0 Å². The summed E-state index contributed by atoms with van der Waals surface area (Å²) in [4.78, 5) is 28.0. The molecular formula is C17H19N3O3. The Kier molecular flexibility index (Phi) is 5.43. The molecule has 120 valence electrons. The standard InChI is InChI=1S/C17H19N3O3/c1-11-5-3-4-6-13(11)15(10-21)20-17(23)16(22)19-14-9-18-8-7-12(14)2/h3-9,15,21H,10H2,1-2H3,(H,19,22)(H,20,23). The van der Waals surface area contributed by atoms with E-state index in [4.69, 9.17) is 0 Å². The molecular weight excluding hydrogens is 294 g/mol. The molecule has 6 heteroatoms. The molecule has 1 aromatic heterocycles. The lowest BCUT2D eigenvalue weighted by Crippen LogP contribution is -2.39. The van der Waals surface area contributed by atoms with E-state index in [9.17, 15) is 14.7 Å². The molecule has 23 heavy (non-hydrogen) atoms. The molecule has 2 aromatic rings. The molecule has 6 nitrogen and oxygen atoms in total. The van der Waals surface area contributed by atoms with Crippen molar-refractivity contribution < 1.29 is 14.7 Å². The highest BCUT2D eigenvalue weighted by atomic mass is 16.3. The Bertz CT molecular complexity index is 716. The average molecular weight is 313 g/mol. The van der Waals surface area contributed by atoms with Crippen LogP contribution in [-0.4, -0.2) is 28.5 Å². The van der Waals surface area contributed by atoms with Crippen LogP contribution in [0, 0.1) is 13.8 Å². The first-order chi connectivity index (χ1) is 11.0. The van der Waals surface area contributed by atoms with Crippen LogP contribution in [0.3, 0.4) is 0 Å². The van der Waals surface area contributed by atoms with E-state index in [1.165, 1.54) is 6.20 Å². The summed E-state index contributed by atoms with van der Waals surface area (Å²) in [7, 11) is 0. The van der Waals surface area contributed by atoms with E-state index in [0.717, 1.165) is 16.7 Å². The average Bonchev–Trinajstić information content (AvgIpc) is 2.55. The highest BCUT2D eigenvalue weighted by Gasteiger charge is 2.21. The molecule has 2 amide bonds. The van der Waals surface area contributed by atoms with Crippen molar-refractivity contribution in [2.45, 2.75) is 19.9 Å². The fourth-order valence-electron chi connectivity index (χ4n) is 2.20. The number of rotatable bonds is 4. The van der Waals surface area contributed by atoms with E-state index >= 15 is 0 Å². The normalized spacial score (nSPS) is 11.6. The number of carbonyl (C=O) groups excluding carboxylic acids is 2. The third kappa shape index (κ3) is 4.14. The van der Waals surface area contributed by atoms with Crippen molar-refractivity contribution in [3.8, 4) is 0 Å². The zero-order chi connectivity index (χ0) is 16.8. The summed E-state index contributed by atoms with van der Waals surface area (Å²) in [5.74, 6) is -1.61. The van der Waals surface area contributed by atoms with Gasteiger partial charge in [0.05, 0.1) is 24.5 Å². The van der Waals surface area contributed by atoms with Gasteiger partial charge in [-0.25, -0.2) is 0 Å². The zero-order valence-electron chi connectivity index (χ0n) is 13.0. The molecule has 0 bridgehead atoms. The highest BCUT2D eigenvalue weighted by molar-refractivity contribution is 6.39. The number of hydrogen-bond acceptors (Lipinski definition) is 4. The molecule has 1 heterocycles. The molecule has 2 rings (SSSR count). The van der Waals surface area contributed by atoms with Crippen molar-refractivity contribution in [2.24, 2.45) is 0 Å². The third-order valence-electron chi connectivity index (χ3n) is 3.55. The number of aliphatic hydroxyl groups excluding tert-OH is 1. The van der Waals surface area contributed by atoms with E-state index in [-0.39, 0.29) is 6.61 Å². The van der Waals surface area contributed by atoms with Crippen LogP contribution in [0.2, 0.25) is 0 Å². The lowest BCUT2D eigenvalue weighted by atomic mass is 10.0. The molecule has 0 aliphatic heterocycles. The topological polar surface area (TPSA) is 91.3 Å². The summed E-state index contributed by atoms with van der Waals surface area (Å²) in [6.07, 6.45) is 3.08. The van der Waals surface area contributed by atoms with Gasteiger partial charge in [0.1, 0.15) is 0 Å². The fraction of sp³-hybridized carbons (Fsp3) is 0.235. The second kappa shape index (κ2) is 7.51. The summed E-state index contributed by atoms with van der Waals surface area (Å²) in [5.41, 5.74) is 2.98. The van der Waals surface area contributed by atoms with Crippen molar-refractivity contribution in [2.75, 3.05) is 11.9 Å². The molecule has 1 unspecified atom stereocenters. The van der Waals surface area contributed by atoms with Gasteiger partial charge in [0.25, 0.3) is 0 Å². The SMILES string of the molecule is Cc1ccncc1NC(=O)C(=O)NC(CO)c1ccccc1C. The van der Waals surface area contributed by atoms with Crippen LogP contribution in [0.5, 0.6) is 0 Å². The van der Waals surface area contributed by atoms with Crippen molar-refractivity contribution in [3.05, 3.63) is 59.4 Å². The Hall–Kier alpha value is -2.73. The first kappa shape index (κ1) is 16.6. The Morgan fingerprint density at radius 2 is 1.87 bits per heavy atom. The molecule has 0 saturated heterocycles. The van der Waals surface area contributed by atoms with E-state index in [1.54, 1.807) is 25.3 Å². The van der Waals surface area contributed by atoms with Gasteiger partial charge in [-0.15, -0.1) is 0 Å². The predicted molar refractivity (Wildman–Crippen MR) is 86.8 cm³/mol. The lowest BCUT2D eigenvalue weighted by Gasteiger charge is -2.18. The van der Waals surface area contributed by atoms with E-state index in [1.807, 2.05) is 25.1 Å². The van der Waals surface area contributed by atoms with Gasteiger partial charge < -0.3 is 15.7 Å². The van der Waals surface area contributed by atoms with Gasteiger partial charge in [0.15, 0.2) is 0 Å². The van der Waals surface area contributed by atoms with Crippen LogP contribution < -0.4 is 10.6 Å². The summed E-state index contributed by atoms with van der Waals surface area (Å²) in [6, 6.07) is 8.47. The Morgan fingerprint density at radius 1 is 1.13 bits per heavy atom. The first-order valence-electron chi connectivity index (χ1n) is 7.21. The Balaban J connectivity index is 2.06. The van der Waals surface area contributed by atoms with Crippen molar-refractivity contribution >= 4 is 17.5 Å². The lowest BCUT2D eigenvalue weighted by molar-refractivity contribution is -0.136. The quantitative estimate of drug-likeness (QED) is 0.746. The van der Waals surface area contributed by atoms with E-state index in [2.05, 4.69) is 15.6 Å². The minimum Gasteiger partial charge on any atom is -0.394 e. The van der Waals surface area contributed by atoms with Gasteiger partial charge in [0.2, 0.25) is 0 Å². The van der Waals surface area contributed by atoms with Crippen LogP contribution in [0.1, 0.15) is 22.7 Å². The number of aromatic nitrogens is 1. The van der Waals surface area contributed by atoms with Crippen molar-refractivity contribution in [3.63, 3.8) is 0 Å². The van der Waals surface area contributed by atoms with Gasteiger partial charge in [-0.1, -0.05) is 24.3 Å². The molecule has 0 aliphatic rings. The first-order valence-corrected chi connectivity index (χ1v) is 7.21. The number of hydrogen-bond donors (Lipinski definition) is 3. The maximum Gasteiger partial charge on any atom is 0.313 e. The summed E-state index contributed by atoms with van der Waals surface area (Å²) >= 11 is 0. The Morgan fingerprint density at radius 3 is 2.52 bits per heavy atom. The molecule has 0 saturated carbocycles. The number of anilines is 1. The summed E-state index contributed by atoms with van der Waals surface area (Å²) < 4.78 is 0. The van der Waals surface area contributed by atoms with Gasteiger partial charge in [-0.2, -0.15) is 0 Å². The number of pyridine rings is 1. The van der Waals surface area contributed by atoms with Crippen LogP contribution in [0.25, 0.3) is 0 Å². The number of carbonyl (C=O) groups is 2. The molecule has 0 aliphatic carbocycles. The fourth-order valence-corrected chi connectivity index (χ4v) is 2.20. The van der Waals surface area contributed by atoms with Gasteiger partial charge in [0, 0.05) is 6.20 Å². The van der Waals surface area contributed by atoms with E-state index < -0.39 is 17.9 Å². The highest BCUT2D eigenvalue weighted by Crippen LogP contribution is 2.17. The number of aliphatic hydroxyl groups is 1. The minimum absolute atomic E-state index is 0.296. The van der Waals surface area contributed by atoms with Gasteiger partial charge >= 0.3 is 11.8 Å². The number of amides is 2. The predicted octanol–water partition coefficient (Wildman–Crippen LogP) is 1.49. The second-order valence-electron chi connectivity index (χ2n) is 5.21. The Labute approximate surface area is 134 Å². The molecule has 1 atom stereocenters. The number of benzene rings is 1. The molecule has 0 spiro atoms. The number of aryl methyl sites for hydroxylation is 2. The van der Waals surface area contributed by atoms with Gasteiger partial charge in [-0.05, 0) is 36.6 Å². The third-order valence-corrected chi connectivity index (χ3v) is 3.55. The maximum absolute atomic E-state index is 12.1. The maximum atomic E-state index is 12.1. The minimum atomic E-state index is -0.810. The van der Waals surface area contributed by atoms with Gasteiger partial charge in [-0.3, -0.25) is 14.6 Å². The van der Waals surface area contributed by atoms with Crippen LogP contribution in [-0.2, 0) is 9.59 Å². The number of nitrogens with one attached hydrogen (secondary N) is 2. The van der Waals surface area contributed by atoms with E-state index in [0.29, 0.717) is 5.69 Å². The monoisotopic (exact) mass is 313 g/mol. The number of nitrogens with zero attached hydrogens (tertiary/aromatic N) is 1. The molecule has 0 radical (unpaired) electrons. The zero-order valence-corrected chi connectivity index (χ0v) is 13.0. The van der Waals surface area contributed by atoms with Crippen molar-refractivity contribution in [1.82, 2.24) is 10.3 Å². The van der Waals surface area contributed by atoms with Crippen LogP contribution in [0.15, 0.2) is 42.7 Å². The van der Waals surface area contributed by atoms with Crippen LogP contribution in [0.4, 0.5) is 5.69 Å². The molecule has 1 aromatic carbocycles. The molecule has 0 fully saturated rings.